The molecule has 8 rings (SSSR count). The van der Waals surface area contributed by atoms with Crippen LogP contribution in [-0.4, -0.2) is 140 Å². The molecule has 2 N–H and O–H groups in total. The molecule has 1 aromatic carbocycles. The molecule has 64 heavy (non-hydrogen) atoms. The van der Waals surface area contributed by atoms with Crippen molar-refractivity contribution in [2.45, 2.75) is 69.8 Å². The number of imide groups is 1. The summed E-state index contributed by atoms with van der Waals surface area (Å²) in [4.78, 5) is 71.8. The Kier molecular flexibility index (Phi) is 13.8. The lowest BCUT2D eigenvalue weighted by Crippen LogP contribution is -2.63. The van der Waals surface area contributed by atoms with Crippen molar-refractivity contribution in [1.29, 1.82) is 5.26 Å². The SMILES string of the molecule is CN(Cc1nc(N2CC(N3CCN(CCC4CCN(c5ccc(NC(=O)C6CCN(c7ccc(C#N)c(C(F)(F)F)c7)CC6)nc5)CC4)CC3)C2)ccc1C=O)C1CCC(=O)NC1=O. The van der Waals surface area contributed by atoms with Gasteiger partial charge >= 0.3 is 6.18 Å². The number of benzene rings is 1. The first-order valence-electron chi connectivity index (χ1n) is 22.4. The maximum Gasteiger partial charge on any atom is 0.417 e. The van der Waals surface area contributed by atoms with Gasteiger partial charge in [0.25, 0.3) is 0 Å². The van der Waals surface area contributed by atoms with Crippen LogP contribution >= 0.6 is 0 Å². The van der Waals surface area contributed by atoms with Crippen LogP contribution in [0.15, 0.2) is 48.7 Å². The van der Waals surface area contributed by atoms with E-state index in [2.05, 4.69) is 35.2 Å². The van der Waals surface area contributed by atoms with Crippen molar-refractivity contribution >= 4 is 47.0 Å². The lowest BCUT2D eigenvalue weighted by Gasteiger charge is -2.48. The molecule has 7 heterocycles. The first kappa shape index (κ1) is 44.9. The van der Waals surface area contributed by atoms with Crippen molar-refractivity contribution in [2.24, 2.45) is 11.8 Å². The number of rotatable bonds is 13. The summed E-state index contributed by atoms with van der Waals surface area (Å²) >= 11 is 0. The lowest BCUT2D eigenvalue weighted by molar-refractivity contribution is -0.138. The van der Waals surface area contributed by atoms with Gasteiger partial charge in [0.15, 0.2) is 6.29 Å². The standard InChI is InChI=1S/C46H56F3N11O4/c1-55(40-6-9-43(62)54-45(40)64)29-39-34(30-61)3-8-42(52-39)60-27-37(28-60)59-22-20-56(21-23-59)15-10-31-11-16-58(17-12-31)36-5-7-41(51-26-36)53-44(63)32-13-18-57(19-14-32)35-4-2-33(25-50)38(24-35)46(47,48)49/h2-5,7-8,24,26,30-32,37,40H,6,9-23,27-29H2,1H3,(H,51,53,63)(H,54,62,64). The Labute approximate surface area is 371 Å². The average Bonchev–Trinajstić information content (AvgIpc) is 3.28. The van der Waals surface area contributed by atoms with Crippen molar-refractivity contribution in [2.75, 3.05) is 99.1 Å². The number of nitrogens with one attached hydrogen (secondary N) is 2. The van der Waals surface area contributed by atoms with Crippen molar-refractivity contribution in [1.82, 2.24) is 30.0 Å². The molecule has 5 aliphatic heterocycles. The Morgan fingerprint density at radius 2 is 1.62 bits per heavy atom. The number of amides is 3. The number of alkyl halides is 3. The molecule has 18 heteroatoms. The molecule has 0 radical (unpaired) electrons. The second-order valence-corrected chi connectivity index (χ2v) is 17.9. The molecule has 5 fully saturated rings. The molecule has 1 unspecified atom stereocenters. The van der Waals surface area contributed by atoms with Crippen LogP contribution in [0.3, 0.4) is 0 Å². The summed E-state index contributed by atoms with van der Waals surface area (Å²) in [5.41, 5.74) is 1.21. The van der Waals surface area contributed by atoms with Crippen molar-refractivity contribution < 1.29 is 32.3 Å². The number of nitriles is 1. The van der Waals surface area contributed by atoms with Crippen LogP contribution in [-0.2, 0) is 27.1 Å². The number of piperidine rings is 3. The molecule has 3 aromatic rings. The van der Waals surface area contributed by atoms with Crippen LogP contribution < -0.4 is 25.3 Å². The second-order valence-electron chi connectivity index (χ2n) is 17.9. The smallest absolute Gasteiger partial charge is 0.371 e. The molecule has 5 aliphatic rings. The molecular weight excluding hydrogens is 828 g/mol. The lowest BCUT2D eigenvalue weighted by atomic mass is 9.93. The molecule has 0 aliphatic carbocycles. The third-order valence-corrected chi connectivity index (χ3v) is 13.9. The maximum absolute atomic E-state index is 13.5. The van der Waals surface area contributed by atoms with Crippen LogP contribution in [0.5, 0.6) is 0 Å². The number of carbonyl (C=O) groups excluding carboxylic acids is 4. The Bertz CT molecular complexity index is 2210. The number of likely N-dealkylation sites (N-methyl/N-ethyl adjacent to an activating group) is 1. The summed E-state index contributed by atoms with van der Waals surface area (Å²) in [5.74, 6) is 0.996. The minimum atomic E-state index is -4.62. The number of aldehydes is 1. The van der Waals surface area contributed by atoms with Gasteiger partial charge in [-0.05, 0) is 100 Å². The minimum absolute atomic E-state index is 0.144. The van der Waals surface area contributed by atoms with Gasteiger partial charge in [-0.25, -0.2) is 9.97 Å². The fourth-order valence-electron chi connectivity index (χ4n) is 9.77. The fourth-order valence-corrected chi connectivity index (χ4v) is 9.77. The molecule has 0 spiro atoms. The van der Waals surface area contributed by atoms with E-state index in [4.69, 9.17) is 10.2 Å². The van der Waals surface area contributed by atoms with E-state index in [-0.39, 0.29) is 23.6 Å². The molecule has 0 saturated carbocycles. The number of nitrogens with zero attached hydrogens (tertiary/aromatic N) is 9. The third kappa shape index (κ3) is 10.5. The van der Waals surface area contributed by atoms with Crippen LogP contribution in [0, 0.1) is 23.2 Å². The third-order valence-electron chi connectivity index (χ3n) is 13.9. The highest BCUT2D eigenvalue weighted by molar-refractivity contribution is 6.00. The highest BCUT2D eigenvalue weighted by Gasteiger charge is 2.37. The quantitative estimate of drug-likeness (QED) is 0.184. The highest BCUT2D eigenvalue weighted by Crippen LogP contribution is 2.36. The van der Waals surface area contributed by atoms with E-state index in [0.717, 1.165) is 95.6 Å². The van der Waals surface area contributed by atoms with E-state index in [1.165, 1.54) is 18.6 Å². The van der Waals surface area contributed by atoms with Gasteiger partial charge in [0.2, 0.25) is 17.7 Å². The summed E-state index contributed by atoms with van der Waals surface area (Å²) < 4.78 is 40.5. The van der Waals surface area contributed by atoms with Crippen LogP contribution in [0.2, 0.25) is 0 Å². The van der Waals surface area contributed by atoms with E-state index in [1.807, 2.05) is 41.2 Å². The van der Waals surface area contributed by atoms with Gasteiger partial charge in [0.1, 0.15) is 11.6 Å². The first-order valence-corrected chi connectivity index (χ1v) is 22.4. The number of anilines is 4. The topological polar surface area (TPSA) is 161 Å². The number of piperazine rings is 1. The van der Waals surface area contributed by atoms with Gasteiger partial charge in [-0.2, -0.15) is 18.4 Å². The van der Waals surface area contributed by atoms with E-state index in [1.54, 1.807) is 12.1 Å². The van der Waals surface area contributed by atoms with Gasteiger partial charge in [0.05, 0.1) is 40.8 Å². The van der Waals surface area contributed by atoms with Crippen molar-refractivity contribution in [3.05, 3.63) is 71.0 Å². The molecule has 2 aromatic heterocycles. The largest absolute Gasteiger partial charge is 0.417 e. The Hall–Kier alpha value is -5.64. The zero-order chi connectivity index (χ0) is 45.0. The molecule has 1 atom stereocenters. The summed E-state index contributed by atoms with van der Waals surface area (Å²) in [6, 6.07) is 12.9. The number of hydrogen-bond donors (Lipinski definition) is 2. The molecule has 15 nitrogen and oxygen atoms in total. The van der Waals surface area contributed by atoms with Gasteiger partial charge in [-0.3, -0.25) is 34.3 Å². The predicted octanol–water partition coefficient (Wildman–Crippen LogP) is 4.38. The average molecular weight is 884 g/mol. The van der Waals surface area contributed by atoms with Crippen LogP contribution in [0.4, 0.5) is 36.2 Å². The van der Waals surface area contributed by atoms with Gasteiger partial charge < -0.3 is 24.9 Å². The summed E-state index contributed by atoms with van der Waals surface area (Å²) in [6.45, 7) is 10.1. The van der Waals surface area contributed by atoms with Crippen LogP contribution in [0.1, 0.15) is 72.1 Å². The summed E-state index contributed by atoms with van der Waals surface area (Å²) in [7, 11) is 1.82. The second kappa shape index (κ2) is 19.6. The number of carbonyl (C=O) groups is 4. The van der Waals surface area contributed by atoms with E-state index < -0.39 is 23.3 Å². The summed E-state index contributed by atoms with van der Waals surface area (Å²) in [6.07, 6.45) is 3.14. The van der Waals surface area contributed by atoms with Crippen molar-refractivity contribution in [3.63, 3.8) is 0 Å². The molecular formula is C46H56F3N11O4. The predicted molar refractivity (Wildman–Crippen MR) is 235 cm³/mol. The number of halogens is 3. The maximum atomic E-state index is 13.5. The first-order chi connectivity index (χ1) is 30.8. The zero-order valence-electron chi connectivity index (χ0n) is 36.2. The van der Waals surface area contributed by atoms with Gasteiger partial charge in [0, 0.05) is 102 Å². The minimum Gasteiger partial charge on any atom is -0.371 e. The number of hydrogen-bond acceptors (Lipinski definition) is 13. The summed E-state index contributed by atoms with van der Waals surface area (Å²) in [5, 5.41) is 14.4. The fraction of sp³-hybridized carbons (Fsp3) is 0.543. The monoisotopic (exact) mass is 883 g/mol. The van der Waals surface area contributed by atoms with E-state index in [9.17, 15) is 32.3 Å². The van der Waals surface area contributed by atoms with Crippen molar-refractivity contribution in [3.8, 4) is 6.07 Å². The number of aromatic nitrogens is 2. The van der Waals surface area contributed by atoms with E-state index in [0.29, 0.717) is 80.0 Å². The molecule has 340 valence electrons. The zero-order valence-corrected chi connectivity index (χ0v) is 36.2. The number of pyridine rings is 2. The van der Waals surface area contributed by atoms with Crippen LogP contribution in [0.25, 0.3) is 0 Å². The van der Waals surface area contributed by atoms with Gasteiger partial charge in [-0.1, -0.05) is 0 Å². The normalized spacial score (nSPS) is 21.1. The Balaban J connectivity index is 0.713. The highest BCUT2D eigenvalue weighted by atomic mass is 19.4. The van der Waals surface area contributed by atoms with Gasteiger partial charge in [-0.15, -0.1) is 0 Å². The molecule has 3 amide bonds. The Morgan fingerprint density at radius 3 is 2.28 bits per heavy atom. The molecule has 0 bridgehead atoms. The Morgan fingerprint density at radius 1 is 0.922 bits per heavy atom. The molecule has 5 saturated heterocycles. The van der Waals surface area contributed by atoms with E-state index >= 15 is 0 Å².